The molecule has 2 aromatic heterocycles. The maximum atomic E-state index is 5.71. The largest absolute Gasteiger partial charge is 0.424 e. The quantitative estimate of drug-likeness (QED) is 0.807. The van der Waals surface area contributed by atoms with E-state index in [1.165, 1.54) is 17.0 Å². The molecule has 0 unspecified atom stereocenters. The number of nitrogens with zero attached hydrogens (tertiary/aromatic N) is 5. The molecule has 0 spiro atoms. The molecule has 2 atom stereocenters. The lowest BCUT2D eigenvalue weighted by molar-refractivity contribution is 0.107. The topological polar surface area (TPSA) is 69.2 Å². The van der Waals surface area contributed by atoms with E-state index in [1.807, 2.05) is 18.7 Å². The van der Waals surface area contributed by atoms with Crippen molar-refractivity contribution in [3.63, 3.8) is 0 Å². The summed E-state index contributed by atoms with van der Waals surface area (Å²) in [5, 5.41) is 12.9. The molecule has 132 valence electrons. The van der Waals surface area contributed by atoms with Crippen molar-refractivity contribution in [2.75, 3.05) is 13.7 Å². The number of aromatic nitrogens is 4. The molecule has 0 amide bonds. The number of methoxy groups -OCH3 is 1. The van der Waals surface area contributed by atoms with Crippen LogP contribution in [-0.2, 0) is 31.2 Å². The Balaban J connectivity index is 1.89. The van der Waals surface area contributed by atoms with Crippen LogP contribution in [0.4, 0.5) is 0 Å². The number of rotatable bonds is 6. The van der Waals surface area contributed by atoms with Gasteiger partial charge in [0.1, 0.15) is 0 Å². The maximum absolute atomic E-state index is 5.71. The van der Waals surface area contributed by atoms with Gasteiger partial charge >= 0.3 is 0 Å². The Morgan fingerprint density at radius 3 is 2.62 bits per heavy atom. The van der Waals surface area contributed by atoms with Crippen LogP contribution >= 0.6 is 0 Å². The van der Waals surface area contributed by atoms with Gasteiger partial charge in [-0.3, -0.25) is 9.58 Å². The molecule has 1 saturated heterocycles. The molecule has 1 aliphatic heterocycles. The summed E-state index contributed by atoms with van der Waals surface area (Å²) in [5.41, 5.74) is 3.81. The van der Waals surface area contributed by atoms with Gasteiger partial charge in [-0.2, -0.15) is 5.10 Å². The summed E-state index contributed by atoms with van der Waals surface area (Å²) in [6, 6.07) is 0.103. The zero-order valence-corrected chi connectivity index (χ0v) is 15.2. The van der Waals surface area contributed by atoms with Gasteiger partial charge in [-0.25, -0.2) is 0 Å². The van der Waals surface area contributed by atoms with Gasteiger partial charge in [-0.05, 0) is 19.3 Å². The molecular formula is C17H27N5O2. The van der Waals surface area contributed by atoms with Gasteiger partial charge in [-0.1, -0.05) is 13.8 Å². The average molecular weight is 333 g/mol. The molecule has 0 aromatic carbocycles. The van der Waals surface area contributed by atoms with E-state index in [4.69, 9.17) is 14.3 Å². The van der Waals surface area contributed by atoms with Gasteiger partial charge < -0.3 is 9.15 Å². The smallest absolute Gasteiger partial charge is 0.233 e. The van der Waals surface area contributed by atoms with E-state index in [2.05, 4.69) is 28.9 Å². The highest BCUT2D eigenvalue weighted by Crippen LogP contribution is 2.34. The van der Waals surface area contributed by atoms with Crippen molar-refractivity contribution in [1.82, 2.24) is 24.9 Å². The van der Waals surface area contributed by atoms with Gasteiger partial charge in [-0.15, -0.1) is 10.2 Å². The fourth-order valence-corrected chi connectivity index (χ4v) is 3.69. The summed E-state index contributed by atoms with van der Waals surface area (Å²) in [4.78, 5) is 2.39. The summed E-state index contributed by atoms with van der Waals surface area (Å²) in [6.07, 6.45) is 2.98. The van der Waals surface area contributed by atoms with Crippen LogP contribution in [0.5, 0.6) is 0 Å². The summed E-state index contributed by atoms with van der Waals surface area (Å²) in [7, 11) is 3.80. The zero-order chi connectivity index (χ0) is 17.3. The van der Waals surface area contributed by atoms with Crippen molar-refractivity contribution in [2.45, 2.75) is 58.7 Å². The fraction of sp³-hybridized carbons (Fsp3) is 0.706. The predicted molar refractivity (Wildman–Crippen MR) is 89.6 cm³/mol. The van der Waals surface area contributed by atoms with Crippen LogP contribution < -0.4 is 0 Å². The molecule has 7 heteroatoms. The van der Waals surface area contributed by atoms with Gasteiger partial charge in [0, 0.05) is 45.4 Å². The van der Waals surface area contributed by atoms with E-state index >= 15 is 0 Å². The molecule has 1 fully saturated rings. The molecule has 2 aromatic rings. The third-order valence-corrected chi connectivity index (χ3v) is 4.91. The lowest BCUT2D eigenvalue weighted by Gasteiger charge is -2.22. The molecule has 0 aliphatic carbocycles. The Labute approximate surface area is 143 Å². The molecule has 0 N–H and O–H groups in total. The lowest BCUT2D eigenvalue weighted by atomic mass is 10.1. The molecule has 0 saturated carbocycles. The number of ether oxygens (including phenoxy) is 1. The normalized spacial score (nSPS) is 21.7. The molecule has 24 heavy (non-hydrogen) atoms. The van der Waals surface area contributed by atoms with E-state index in [1.54, 1.807) is 7.11 Å². The molecule has 1 aliphatic rings. The number of likely N-dealkylation sites (tertiary alicyclic amines) is 1. The second-order valence-corrected chi connectivity index (χ2v) is 6.40. The van der Waals surface area contributed by atoms with Crippen molar-refractivity contribution in [1.29, 1.82) is 0 Å². The van der Waals surface area contributed by atoms with Gasteiger partial charge in [0.25, 0.3) is 0 Å². The van der Waals surface area contributed by atoms with Crippen LogP contribution in [-0.4, -0.2) is 44.6 Å². The molecule has 3 rings (SSSR count). The second kappa shape index (κ2) is 7.03. The monoisotopic (exact) mass is 333 g/mol. The molecular weight excluding hydrogens is 306 g/mol. The van der Waals surface area contributed by atoms with Crippen LogP contribution in [0.3, 0.4) is 0 Å². The molecule has 0 radical (unpaired) electrons. The first-order chi connectivity index (χ1) is 11.6. The van der Waals surface area contributed by atoms with Crippen molar-refractivity contribution in [3.05, 3.63) is 28.7 Å². The minimum absolute atomic E-state index is 0.103. The first kappa shape index (κ1) is 17.1. The van der Waals surface area contributed by atoms with E-state index in [0.29, 0.717) is 11.8 Å². The van der Waals surface area contributed by atoms with Crippen LogP contribution in [0, 0.1) is 6.92 Å². The van der Waals surface area contributed by atoms with Gasteiger partial charge in [0.2, 0.25) is 11.8 Å². The summed E-state index contributed by atoms with van der Waals surface area (Å²) in [5.74, 6) is 1.29. The molecule has 0 bridgehead atoms. The highest BCUT2D eigenvalue weighted by molar-refractivity contribution is 5.27. The zero-order valence-electron chi connectivity index (χ0n) is 15.2. The third-order valence-electron chi connectivity index (χ3n) is 4.91. The maximum Gasteiger partial charge on any atom is 0.233 e. The Morgan fingerprint density at radius 1 is 1.25 bits per heavy atom. The Morgan fingerprint density at radius 2 is 2.04 bits per heavy atom. The second-order valence-electron chi connectivity index (χ2n) is 6.40. The highest BCUT2D eigenvalue weighted by Gasteiger charge is 2.37. The molecule has 7 nitrogen and oxygen atoms in total. The van der Waals surface area contributed by atoms with Gasteiger partial charge in [0.05, 0.1) is 17.8 Å². The van der Waals surface area contributed by atoms with Crippen LogP contribution in [0.2, 0.25) is 0 Å². The van der Waals surface area contributed by atoms with E-state index < -0.39 is 0 Å². The minimum atomic E-state index is 0.103. The predicted octanol–water partition coefficient (Wildman–Crippen LogP) is 2.20. The number of hydrogen-bond acceptors (Lipinski definition) is 6. The van der Waals surface area contributed by atoms with E-state index in [-0.39, 0.29) is 12.1 Å². The van der Waals surface area contributed by atoms with Crippen molar-refractivity contribution in [2.24, 2.45) is 7.05 Å². The lowest BCUT2D eigenvalue weighted by Crippen LogP contribution is -2.26. The highest BCUT2D eigenvalue weighted by atomic mass is 16.5. The summed E-state index contributed by atoms with van der Waals surface area (Å²) >= 11 is 0. The fourth-order valence-electron chi connectivity index (χ4n) is 3.69. The van der Waals surface area contributed by atoms with E-state index in [9.17, 15) is 0 Å². The number of hydrogen-bond donors (Lipinski definition) is 0. The standard InChI is InChI=1S/C17H27N5O2/c1-6-14-13(15(7-2)21(4)20-14)10-22-9-12(23-5)8-16(22)17-19-18-11(3)24-17/h12,16H,6-10H2,1-5H3/t12-,16-/m1/s1. The van der Waals surface area contributed by atoms with E-state index in [0.717, 1.165) is 32.4 Å². The summed E-state index contributed by atoms with van der Waals surface area (Å²) in [6.45, 7) is 7.87. The average Bonchev–Trinajstić information content (AvgIpc) is 3.25. The first-order valence-corrected chi connectivity index (χ1v) is 8.67. The van der Waals surface area contributed by atoms with Crippen molar-refractivity contribution < 1.29 is 9.15 Å². The number of aryl methyl sites for hydroxylation is 3. The van der Waals surface area contributed by atoms with Crippen LogP contribution in [0.1, 0.15) is 55.0 Å². The Bertz CT molecular complexity index is 693. The van der Waals surface area contributed by atoms with Crippen LogP contribution in [0.25, 0.3) is 0 Å². The minimum Gasteiger partial charge on any atom is -0.424 e. The van der Waals surface area contributed by atoms with Crippen LogP contribution in [0.15, 0.2) is 4.42 Å². The SMILES string of the molecule is CCc1nn(C)c(CC)c1CN1C[C@H](OC)C[C@@H]1c1nnc(C)o1. The van der Waals surface area contributed by atoms with Gasteiger partial charge in [0.15, 0.2) is 0 Å². The third kappa shape index (κ3) is 3.10. The molecule has 3 heterocycles. The van der Waals surface area contributed by atoms with Crippen molar-refractivity contribution >= 4 is 0 Å². The summed E-state index contributed by atoms with van der Waals surface area (Å²) < 4.78 is 13.3. The first-order valence-electron chi connectivity index (χ1n) is 8.67. The Hall–Kier alpha value is -1.73. The Kier molecular flexibility index (Phi) is 5.01. The van der Waals surface area contributed by atoms with Crippen molar-refractivity contribution in [3.8, 4) is 0 Å².